The summed E-state index contributed by atoms with van der Waals surface area (Å²) in [6.45, 7) is 10.1. The highest BCUT2D eigenvalue weighted by atomic mass is 16.3. The highest BCUT2D eigenvalue weighted by Gasteiger charge is 2.10. The van der Waals surface area contributed by atoms with Crippen LogP contribution < -0.4 is 0 Å². The fraction of sp³-hybridized carbons (Fsp3) is 0.692. The third kappa shape index (κ3) is 7.71. The second-order valence-corrected chi connectivity index (χ2v) is 5.07. The van der Waals surface area contributed by atoms with Crippen molar-refractivity contribution in [3.8, 4) is 23.7 Å². The van der Waals surface area contributed by atoms with Crippen molar-refractivity contribution in [3.05, 3.63) is 0 Å². The van der Waals surface area contributed by atoms with Gasteiger partial charge in [-0.05, 0) is 34.6 Å². The van der Waals surface area contributed by atoms with Gasteiger partial charge in [0.1, 0.15) is 0 Å². The van der Waals surface area contributed by atoms with Crippen LogP contribution in [-0.2, 0) is 0 Å². The van der Waals surface area contributed by atoms with Crippen molar-refractivity contribution in [2.75, 3.05) is 6.61 Å². The first kappa shape index (κ1) is 13.1. The van der Waals surface area contributed by atoms with Gasteiger partial charge < -0.3 is 5.11 Å². The fourth-order valence-electron chi connectivity index (χ4n) is 0.677. The molecule has 0 heterocycles. The van der Waals surface area contributed by atoms with Gasteiger partial charge in [0.15, 0.2) is 0 Å². The molecule has 0 aromatic rings. The van der Waals surface area contributed by atoms with Gasteiger partial charge in [-0.15, -0.1) is 0 Å². The fourth-order valence-corrected chi connectivity index (χ4v) is 0.677. The summed E-state index contributed by atoms with van der Waals surface area (Å²) in [5.74, 6) is 12.1. The molecule has 14 heavy (non-hydrogen) atoms. The molecule has 0 fully saturated rings. The molecule has 0 unspecified atom stereocenters. The number of hydrogen-bond acceptors (Lipinski definition) is 1. The Kier molecular flexibility index (Phi) is 4.75. The maximum Gasteiger partial charge on any atom is 0.0703 e. The van der Waals surface area contributed by atoms with Crippen molar-refractivity contribution < 1.29 is 5.11 Å². The van der Waals surface area contributed by atoms with E-state index in [4.69, 9.17) is 5.11 Å². The molecule has 0 aromatic heterocycles. The van der Waals surface area contributed by atoms with E-state index in [1.165, 1.54) is 0 Å². The SMILES string of the molecule is CC(C)(C)C#CCC#CC(C)(C)CO. The average molecular weight is 192 g/mol. The van der Waals surface area contributed by atoms with Gasteiger partial charge in [0.2, 0.25) is 0 Å². The summed E-state index contributed by atoms with van der Waals surface area (Å²) in [7, 11) is 0. The molecule has 0 aromatic carbocycles. The molecule has 0 amide bonds. The molecular weight excluding hydrogens is 172 g/mol. The van der Waals surface area contributed by atoms with Gasteiger partial charge in [0.05, 0.1) is 13.0 Å². The zero-order chi connectivity index (χ0) is 11.2. The van der Waals surface area contributed by atoms with Crippen LogP contribution in [0.2, 0.25) is 0 Å². The molecule has 1 heteroatoms. The molecular formula is C13H20O. The highest BCUT2D eigenvalue weighted by molar-refractivity contribution is 5.17. The third-order valence-electron chi connectivity index (χ3n) is 1.46. The van der Waals surface area contributed by atoms with Crippen LogP contribution in [-0.4, -0.2) is 11.7 Å². The van der Waals surface area contributed by atoms with E-state index in [1.807, 2.05) is 13.8 Å². The smallest absolute Gasteiger partial charge is 0.0703 e. The van der Waals surface area contributed by atoms with Crippen LogP contribution in [0.3, 0.4) is 0 Å². The predicted octanol–water partition coefficient (Wildman–Crippen LogP) is 2.45. The van der Waals surface area contributed by atoms with Gasteiger partial charge in [-0.3, -0.25) is 0 Å². The Labute approximate surface area is 87.9 Å². The van der Waals surface area contributed by atoms with Gasteiger partial charge in [-0.1, -0.05) is 23.7 Å². The number of aliphatic hydroxyl groups is 1. The molecule has 0 radical (unpaired) electrons. The van der Waals surface area contributed by atoms with Crippen LogP contribution in [0.5, 0.6) is 0 Å². The molecule has 0 aliphatic carbocycles. The minimum absolute atomic E-state index is 0.0498. The maximum atomic E-state index is 8.94. The molecule has 1 nitrogen and oxygen atoms in total. The van der Waals surface area contributed by atoms with Crippen LogP contribution >= 0.6 is 0 Å². The zero-order valence-corrected chi connectivity index (χ0v) is 9.86. The van der Waals surface area contributed by atoms with Crippen molar-refractivity contribution in [2.45, 2.75) is 41.0 Å². The van der Waals surface area contributed by atoms with Crippen LogP contribution in [0.4, 0.5) is 0 Å². The molecule has 0 atom stereocenters. The minimum atomic E-state index is -0.302. The normalized spacial score (nSPS) is 11.0. The summed E-state index contributed by atoms with van der Waals surface area (Å²) >= 11 is 0. The molecule has 0 bridgehead atoms. The number of rotatable bonds is 1. The van der Waals surface area contributed by atoms with Crippen molar-refractivity contribution in [1.29, 1.82) is 0 Å². The summed E-state index contributed by atoms with van der Waals surface area (Å²) in [5, 5.41) is 8.94. The van der Waals surface area contributed by atoms with E-state index in [1.54, 1.807) is 0 Å². The van der Waals surface area contributed by atoms with E-state index in [9.17, 15) is 0 Å². The predicted molar refractivity (Wildman–Crippen MR) is 60.5 cm³/mol. The van der Waals surface area contributed by atoms with Crippen molar-refractivity contribution >= 4 is 0 Å². The van der Waals surface area contributed by atoms with E-state index in [-0.39, 0.29) is 17.4 Å². The summed E-state index contributed by atoms with van der Waals surface area (Å²) in [5.41, 5.74) is -0.252. The quantitative estimate of drug-likeness (QED) is 0.633. The second kappa shape index (κ2) is 5.08. The molecule has 0 spiro atoms. The van der Waals surface area contributed by atoms with E-state index in [2.05, 4.69) is 44.5 Å². The van der Waals surface area contributed by atoms with Gasteiger partial charge in [-0.25, -0.2) is 0 Å². The Balaban J connectivity index is 4.12. The Morgan fingerprint density at radius 1 is 0.929 bits per heavy atom. The van der Waals surface area contributed by atoms with Crippen LogP contribution in [0.1, 0.15) is 41.0 Å². The second-order valence-electron chi connectivity index (χ2n) is 5.07. The van der Waals surface area contributed by atoms with Crippen molar-refractivity contribution in [2.24, 2.45) is 10.8 Å². The van der Waals surface area contributed by atoms with Crippen LogP contribution in [0, 0.1) is 34.5 Å². The molecule has 1 N–H and O–H groups in total. The van der Waals surface area contributed by atoms with Gasteiger partial charge >= 0.3 is 0 Å². The highest BCUT2D eigenvalue weighted by Crippen LogP contribution is 2.11. The lowest BCUT2D eigenvalue weighted by Gasteiger charge is -2.11. The van der Waals surface area contributed by atoms with E-state index >= 15 is 0 Å². The Morgan fingerprint density at radius 2 is 1.43 bits per heavy atom. The first-order valence-corrected chi connectivity index (χ1v) is 4.88. The third-order valence-corrected chi connectivity index (χ3v) is 1.46. The maximum absolute atomic E-state index is 8.94. The lowest BCUT2D eigenvalue weighted by molar-refractivity contribution is 0.206. The minimum Gasteiger partial charge on any atom is -0.395 e. The Hall–Kier alpha value is -0.920. The van der Waals surface area contributed by atoms with Crippen LogP contribution in [0.25, 0.3) is 0 Å². The van der Waals surface area contributed by atoms with Gasteiger partial charge in [-0.2, -0.15) is 0 Å². The zero-order valence-electron chi connectivity index (χ0n) is 9.86. The standard InChI is InChI=1S/C13H20O/c1-12(2,3)9-7-6-8-10-13(4,5)11-14/h14H,6,11H2,1-5H3. The largest absolute Gasteiger partial charge is 0.395 e. The Morgan fingerprint density at radius 3 is 1.86 bits per heavy atom. The molecule has 0 saturated carbocycles. The topological polar surface area (TPSA) is 20.2 Å². The summed E-state index contributed by atoms with van der Waals surface area (Å²) in [6, 6.07) is 0. The van der Waals surface area contributed by atoms with E-state index < -0.39 is 0 Å². The van der Waals surface area contributed by atoms with E-state index in [0.717, 1.165) is 0 Å². The first-order valence-electron chi connectivity index (χ1n) is 4.88. The van der Waals surface area contributed by atoms with Gasteiger partial charge in [0.25, 0.3) is 0 Å². The number of aliphatic hydroxyl groups excluding tert-OH is 1. The van der Waals surface area contributed by atoms with Crippen molar-refractivity contribution in [1.82, 2.24) is 0 Å². The average Bonchev–Trinajstić information content (AvgIpc) is 2.01. The molecule has 0 saturated heterocycles. The van der Waals surface area contributed by atoms with Crippen molar-refractivity contribution in [3.63, 3.8) is 0 Å². The first-order chi connectivity index (χ1) is 6.27. The summed E-state index contributed by atoms with van der Waals surface area (Å²) < 4.78 is 0. The van der Waals surface area contributed by atoms with Gasteiger partial charge in [0, 0.05) is 10.8 Å². The lowest BCUT2D eigenvalue weighted by atomic mass is 9.95. The van der Waals surface area contributed by atoms with Crippen LogP contribution in [0.15, 0.2) is 0 Å². The lowest BCUT2D eigenvalue weighted by Crippen LogP contribution is -2.13. The number of hydrogen-bond donors (Lipinski definition) is 1. The molecule has 0 aliphatic rings. The van der Waals surface area contributed by atoms with E-state index in [0.29, 0.717) is 6.42 Å². The summed E-state index contributed by atoms with van der Waals surface area (Å²) in [6.07, 6.45) is 0.584. The molecule has 0 aliphatic heterocycles. The molecule has 78 valence electrons. The molecule has 0 rings (SSSR count). The Bertz CT molecular complexity index is 283. The monoisotopic (exact) mass is 192 g/mol. The summed E-state index contributed by atoms with van der Waals surface area (Å²) in [4.78, 5) is 0.